The summed E-state index contributed by atoms with van der Waals surface area (Å²) in [5.41, 5.74) is 0.580. The maximum atomic E-state index is 13.6. The number of hydrogen-bond acceptors (Lipinski definition) is 4. The van der Waals surface area contributed by atoms with E-state index in [9.17, 15) is 9.18 Å². The van der Waals surface area contributed by atoms with Crippen molar-refractivity contribution in [3.05, 3.63) is 53.8 Å². The van der Waals surface area contributed by atoms with Gasteiger partial charge in [-0.05, 0) is 29.8 Å². The van der Waals surface area contributed by atoms with Gasteiger partial charge in [0.25, 0.3) is 0 Å². The number of para-hydroxylation sites is 2. The molecule has 0 saturated heterocycles. The van der Waals surface area contributed by atoms with Crippen molar-refractivity contribution in [2.75, 3.05) is 27.4 Å². The first kappa shape index (κ1) is 17.6. The van der Waals surface area contributed by atoms with Crippen LogP contribution in [0.4, 0.5) is 4.39 Å². The van der Waals surface area contributed by atoms with Gasteiger partial charge in [0.15, 0.2) is 23.1 Å². The van der Waals surface area contributed by atoms with Gasteiger partial charge in [-0.2, -0.15) is 0 Å². The number of amides is 1. The van der Waals surface area contributed by atoms with Crippen LogP contribution in [0.25, 0.3) is 0 Å². The van der Waals surface area contributed by atoms with E-state index in [0.29, 0.717) is 30.2 Å². The normalized spacial score (nSPS) is 10.1. The van der Waals surface area contributed by atoms with Gasteiger partial charge in [-0.3, -0.25) is 4.79 Å². The highest BCUT2D eigenvalue weighted by atomic mass is 19.1. The Morgan fingerprint density at radius 1 is 1.04 bits per heavy atom. The Hall–Kier alpha value is -2.76. The molecule has 2 aromatic carbocycles. The fourth-order valence-electron chi connectivity index (χ4n) is 2.16. The average molecular weight is 333 g/mol. The van der Waals surface area contributed by atoms with Crippen molar-refractivity contribution in [1.82, 2.24) is 5.32 Å². The summed E-state index contributed by atoms with van der Waals surface area (Å²) in [6.07, 6.45) is 0.0928. The maximum absolute atomic E-state index is 13.6. The van der Waals surface area contributed by atoms with Crippen molar-refractivity contribution < 1.29 is 23.4 Å². The molecule has 0 saturated carbocycles. The van der Waals surface area contributed by atoms with Gasteiger partial charge in [0.2, 0.25) is 5.91 Å². The van der Waals surface area contributed by atoms with Crippen molar-refractivity contribution >= 4 is 5.91 Å². The van der Waals surface area contributed by atoms with Gasteiger partial charge in [-0.1, -0.05) is 18.2 Å². The maximum Gasteiger partial charge on any atom is 0.224 e. The highest BCUT2D eigenvalue weighted by molar-refractivity contribution is 5.78. The lowest BCUT2D eigenvalue weighted by molar-refractivity contribution is -0.120. The first-order chi connectivity index (χ1) is 11.6. The zero-order valence-corrected chi connectivity index (χ0v) is 13.7. The van der Waals surface area contributed by atoms with Gasteiger partial charge in [0.05, 0.1) is 27.2 Å². The predicted octanol–water partition coefficient (Wildman–Crippen LogP) is 2.58. The number of halogens is 1. The van der Waals surface area contributed by atoms with Gasteiger partial charge in [-0.15, -0.1) is 0 Å². The smallest absolute Gasteiger partial charge is 0.224 e. The number of benzene rings is 2. The number of hydrogen-bond donors (Lipinski definition) is 1. The van der Waals surface area contributed by atoms with E-state index in [0.717, 1.165) is 0 Å². The van der Waals surface area contributed by atoms with Crippen molar-refractivity contribution in [2.24, 2.45) is 0 Å². The molecule has 0 aliphatic carbocycles. The third-order valence-corrected chi connectivity index (χ3v) is 3.33. The van der Waals surface area contributed by atoms with E-state index >= 15 is 0 Å². The molecule has 1 N–H and O–H groups in total. The van der Waals surface area contributed by atoms with Crippen molar-refractivity contribution in [1.29, 1.82) is 0 Å². The molecule has 0 fully saturated rings. The summed E-state index contributed by atoms with van der Waals surface area (Å²) >= 11 is 0. The minimum Gasteiger partial charge on any atom is -0.494 e. The third kappa shape index (κ3) is 4.87. The van der Waals surface area contributed by atoms with E-state index in [-0.39, 0.29) is 18.1 Å². The van der Waals surface area contributed by atoms with E-state index in [1.54, 1.807) is 25.3 Å². The Kier molecular flexibility index (Phi) is 6.42. The fourth-order valence-corrected chi connectivity index (χ4v) is 2.16. The number of carbonyl (C=O) groups excluding carboxylic acids is 1. The summed E-state index contributed by atoms with van der Waals surface area (Å²) < 4.78 is 29.2. The van der Waals surface area contributed by atoms with Crippen LogP contribution in [0, 0.1) is 5.82 Å². The molecule has 0 aromatic heterocycles. The Morgan fingerprint density at radius 3 is 2.42 bits per heavy atom. The van der Waals surface area contributed by atoms with E-state index in [1.165, 1.54) is 19.2 Å². The molecule has 0 unspecified atom stereocenters. The van der Waals surface area contributed by atoms with Crippen molar-refractivity contribution in [2.45, 2.75) is 6.42 Å². The summed E-state index contributed by atoms with van der Waals surface area (Å²) in [4.78, 5) is 11.9. The van der Waals surface area contributed by atoms with E-state index in [4.69, 9.17) is 14.2 Å². The van der Waals surface area contributed by atoms with Gasteiger partial charge < -0.3 is 19.5 Å². The summed E-state index contributed by atoms with van der Waals surface area (Å²) in [6.45, 7) is 0.651. The van der Waals surface area contributed by atoms with Gasteiger partial charge in [-0.25, -0.2) is 4.39 Å². The molecule has 1 amide bonds. The van der Waals surface area contributed by atoms with Crippen molar-refractivity contribution in [3.63, 3.8) is 0 Å². The molecule has 128 valence electrons. The van der Waals surface area contributed by atoms with Crippen LogP contribution in [-0.2, 0) is 11.2 Å². The number of methoxy groups -OCH3 is 2. The monoisotopic (exact) mass is 333 g/mol. The second-order valence-corrected chi connectivity index (χ2v) is 4.99. The first-order valence-electron chi connectivity index (χ1n) is 7.49. The Balaban J connectivity index is 1.76. The molecule has 0 aliphatic heterocycles. The Morgan fingerprint density at radius 2 is 1.75 bits per heavy atom. The van der Waals surface area contributed by atoms with E-state index < -0.39 is 5.82 Å². The lowest BCUT2D eigenvalue weighted by Crippen LogP contribution is -2.29. The molecule has 24 heavy (non-hydrogen) atoms. The SMILES string of the molecule is COc1ccc(CC(=O)NCCOc2ccccc2OC)cc1F. The van der Waals surface area contributed by atoms with Crippen LogP contribution in [0.15, 0.2) is 42.5 Å². The van der Waals surface area contributed by atoms with Crippen LogP contribution in [0.2, 0.25) is 0 Å². The van der Waals surface area contributed by atoms with Crippen LogP contribution in [0.3, 0.4) is 0 Å². The highest BCUT2D eigenvalue weighted by Gasteiger charge is 2.08. The first-order valence-corrected chi connectivity index (χ1v) is 7.49. The molecule has 0 radical (unpaired) electrons. The van der Waals surface area contributed by atoms with Crippen LogP contribution in [-0.4, -0.2) is 33.3 Å². The fraction of sp³-hybridized carbons (Fsp3) is 0.278. The Labute approximate surface area is 140 Å². The van der Waals surface area contributed by atoms with Crippen LogP contribution in [0.1, 0.15) is 5.56 Å². The van der Waals surface area contributed by atoms with E-state index in [1.807, 2.05) is 12.1 Å². The molecule has 0 spiro atoms. The molecule has 0 heterocycles. The topological polar surface area (TPSA) is 56.8 Å². The molecule has 0 atom stereocenters. The summed E-state index contributed by atoms with van der Waals surface area (Å²) in [6, 6.07) is 11.7. The van der Waals surface area contributed by atoms with Gasteiger partial charge in [0, 0.05) is 0 Å². The number of carbonyl (C=O) groups is 1. The van der Waals surface area contributed by atoms with Gasteiger partial charge >= 0.3 is 0 Å². The number of nitrogens with one attached hydrogen (secondary N) is 1. The van der Waals surface area contributed by atoms with Crippen LogP contribution in [0.5, 0.6) is 17.2 Å². The van der Waals surface area contributed by atoms with Crippen LogP contribution < -0.4 is 19.5 Å². The molecular weight excluding hydrogens is 313 g/mol. The molecule has 6 heteroatoms. The predicted molar refractivity (Wildman–Crippen MR) is 88.2 cm³/mol. The van der Waals surface area contributed by atoms with Crippen molar-refractivity contribution in [3.8, 4) is 17.2 Å². The zero-order chi connectivity index (χ0) is 17.4. The Bertz CT molecular complexity index is 690. The lowest BCUT2D eigenvalue weighted by Gasteiger charge is -2.11. The number of ether oxygens (including phenoxy) is 3. The molecule has 0 aliphatic rings. The quantitative estimate of drug-likeness (QED) is 0.755. The molecular formula is C18H20FNO4. The van der Waals surface area contributed by atoms with E-state index in [2.05, 4.69) is 5.32 Å². The van der Waals surface area contributed by atoms with Gasteiger partial charge in [0.1, 0.15) is 6.61 Å². The highest BCUT2D eigenvalue weighted by Crippen LogP contribution is 2.25. The number of rotatable bonds is 8. The second kappa shape index (κ2) is 8.76. The summed E-state index contributed by atoms with van der Waals surface area (Å²) in [5, 5.41) is 2.73. The minimum absolute atomic E-state index is 0.0928. The van der Waals surface area contributed by atoms with Crippen LogP contribution >= 0.6 is 0 Å². The molecule has 5 nitrogen and oxygen atoms in total. The molecule has 2 rings (SSSR count). The zero-order valence-electron chi connectivity index (χ0n) is 13.7. The molecule has 2 aromatic rings. The molecule has 0 bridgehead atoms. The summed E-state index contributed by atoms with van der Waals surface area (Å²) in [7, 11) is 2.96. The standard InChI is InChI=1S/C18H20FNO4/c1-22-15-8-7-13(11-14(15)19)12-18(21)20-9-10-24-17-6-4-3-5-16(17)23-2/h3-8,11H,9-10,12H2,1-2H3,(H,20,21). The average Bonchev–Trinajstić information content (AvgIpc) is 2.59. The largest absolute Gasteiger partial charge is 0.494 e. The second-order valence-electron chi connectivity index (χ2n) is 4.99. The third-order valence-electron chi connectivity index (χ3n) is 3.33. The summed E-state index contributed by atoms with van der Waals surface area (Å²) in [5.74, 6) is 0.721. The minimum atomic E-state index is -0.484. The lowest BCUT2D eigenvalue weighted by atomic mass is 10.1.